The van der Waals surface area contributed by atoms with Crippen LogP contribution >= 0.6 is 0 Å². The number of hydrogen-bond donors (Lipinski definition) is 0. The van der Waals surface area contributed by atoms with E-state index in [0.717, 1.165) is 11.8 Å². The van der Waals surface area contributed by atoms with Crippen molar-refractivity contribution in [1.82, 2.24) is 0 Å². The summed E-state index contributed by atoms with van der Waals surface area (Å²) in [6.07, 6.45) is 6.05. The Morgan fingerprint density at radius 3 is 2.56 bits per heavy atom. The van der Waals surface area contributed by atoms with Gasteiger partial charge in [0.1, 0.15) is 6.29 Å². The highest BCUT2D eigenvalue weighted by atomic mass is 16.1. The Hall–Kier alpha value is -1.11. The maximum absolute atomic E-state index is 10.7. The summed E-state index contributed by atoms with van der Waals surface area (Å²) in [6, 6.07) is 8.09. The molecule has 0 heterocycles. The Morgan fingerprint density at radius 2 is 1.94 bits per heavy atom. The summed E-state index contributed by atoms with van der Waals surface area (Å²) in [5, 5.41) is 0. The van der Waals surface area contributed by atoms with E-state index in [4.69, 9.17) is 0 Å². The first-order chi connectivity index (χ1) is 7.61. The van der Waals surface area contributed by atoms with E-state index in [1.807, 2.05) is 12.1 Å². The molecule has 86 valence electrons. The van der Waals surface area contributed by atoms with Crippen LogP contribution in [0, 0.1) is 5.41 Å². The number of carbonyl (C=O) groups excluding carboxylic acids is 1. The maximum Gasteiger partial charge on any atom is 0.150 e. The van der Waals surface area contributed by atoms with Crippen molar-refractivity contribution in [2.24, 2.45) is 5.41 Å². The van der Waals surface area contributed by atoms with E-state index in [1.54, 1.807) is 0 Å². The Labute approximate surface area is 97.9 Å². The summed E-state index contributed by atoms with van der Waals surface area (Å²) in [4.78, 5) is 10.7. The topological polar surface area (TPSA) is 17.1 Å². The predicted molar refractivity (Wildman–Crippen MR) is 66.8 cm³/mol. The zero-order valence-electron chi connectivity index (χ0n) is 10.2. The minimum Gasteiger partial charge on any atom is -0.298 e. The fraction of sp³-hybridized carbons (Fsp3) is 0.533. The highest BCUT2D eigenvalue weighted by Crippen LogP contribution is 2.42. The largest absolute Gasteiger partial charge is 0.298 e. The first-order valence-corrected chi connectivity index (χ1v) is 6.16. The minimum absolute atomic E-state index is 0.513. The molecule has 0 atom stereocenters. The predicted octanol–water partition coefficient (Wildman–Crippen LogP) is 4.18. The van der Waals surface area contributed by atoms with Crippen LogP contribution in [0.4, 0.5) is 0 Å². The molecule has 1 fully saturated rings. The van der Waals surface area contributed by atoms with Crippen LogP contribution in [-0.2, 0) is 0 Å². The first-order valence-electron chi connectivity index (χ1n) is 6.16. The van der Waals surface area contributed by atoms with Gasteiger partial charge in [0.25, 0.3) is 0 Å². The van der Waals surface area contributed by atoms with Crippen LogP contribution in [0.15, 0.2) is 24.3 Å². The Morgan fingerprint density at radius 1 is 1.25 bits per heavy atom. The number of benzene rings is 1. The van der Waals surface area contributed by atoms with Gasteiger partial charge in [0.05, 0.1) is 0 Å². The lowest BCUT2D eigenvalue weighted by atomic mass is 9.71. The molecule has 1 heteroatoms. The molecule has 0 spiro atoms. The smallest absolute Gasteiger partial charge is 0.150 e. The SMILES string of the molecule is CC1(C)CCC(c2cccc(C=O)c2)CC1. The Bertz CT molecular complexity index is 369. The molecule has 2 rings (SSSR count). The van der Waals surface area contributed by atoms with E-state index in [-0.39, 0.29) is 0 Å². The number of rotatable bonds is 2. The van der Waals surface area contributed by atoms with E-state index < -0.39 is 0 Å². The maximum atomic E-state index is 10.7. The molecule has 0 radical (unpaired) electrons. The molecule has 0 aliphatic heterocycles. The Balaban J connectivity index is 2.11. The van der Waals surface area contributed by atoms with Crippen LogP contribution in [0.1, 0.15) is 61.4 Å². The molecule has 0 aromatic heterocycles. The van der Waals surface area contributed by atoms with Gasteiger partial charge in [-0.3, -0.25) is 4.79 Å². The summed E-state index contributed by atoms with van der Waals surface area (Å²) >= 11 is 0. The van der Waals surface area contributed by atoms with E-state index in [1.165, 1.54) is 31.2 Å². The third-order valence-corrected chi connectivity index (χ3v) is 3.86. The average Bonchev–Trinajstić information content (AvgIpc) is 2.29. The van der Waals surface area contributed by atoms with Gasteiger partial charge in [-0.15, -0.1) is 0 Å². The van der Waals surface area contributed by atoms with Crippen molar-refractivity contribution in [3.8, 4) is 0 Å². The van der Waals surface area contributed by atoms with Crippen molar-refractivity contribution in [2.45, 2.75) is 45.4 Å². The third-order valence-electron chi connectivity index (χ3n) is 3.86. The fourth-order valence-electron chi connectivity index (χ4n) is 2.62. The van der Waals surface area contributed by atoms with Crippen molar-refractivity contribution < 1.29 is 4.79 Å². The van der Waals surface area contributed by atoms with Gasteiger partial charge in [-0.05, 0) is 48.6 Å². The lowest BCUT2D eigenvalue weighted by Gasteiger charge is -2.34. The van der Waals surface area contributed by atoms with Gasteiger partial charge in [-0.25, -0.2) is 0 Å². The van der Waals surface area contributed by atoms with Crippen molar-refractivity contribution in [3.05, 3.63) is 35.4 Å². The minimum atomic E-state index is 0.513. The number of carbonyl (C=O) groups is 1. The fourth-order valence-corrected chi connectivity index (χ4v) is 2.62. The van der Waals surface area contributed by atoms with Crippen LogP contribution in [0.2, 0.25) is 0 Å². The van der Waals surface area contributed by atoms with Gasteiger partial charge in [0, 0.05) is 5.56 Å². The molecule has 0 amide bonds. The van der Waals surface area contributed by atoms with Crippen LogP contribution in [0.3, 0.4) is 0 Å². The molecule has 1 aromatic rings. The van der Waals surface area contributed by atoms with Crippen LogP contribution in [0.25, 0.3) is 0 Å². The highest BCUT2D eigenvalue weighted by Gasteiger charge is 2.27. The molecule has 1 nitrogen and oxygen atoms in total. The monoisotopic (exact) mass is 216 g/mol. The zero-order chi connectivity index (χ0) is 11.6. The molecule has 1 aliphatic rings. The first kappa shape index (κ1) is 11.4. The molecule has 1 saturated carbocycles. The lowest BCUT2D eigenvalue weighted by molar-refractivity contribution is 0.112. The van der Waals surface area contributed by atoms with Gasteiger partial charge >= 0.3 is 0 Å². The van der Waals surface area contributed by atoms with Gasteiger partial charge in [0.2, 0.25) is 0 Å². The van der Waals surface area contributed by atoms with Gasteiger partial charge in [-0.2, -0.15) is 0 Å². The molecular formula is C15H20O. The second-order valence-electron chi connectivity index (χ2n) is 5.73. The van der Waals surface area contributed by atoms with Gasteiger partial charge in [0.15, 0.2) is 0 Å². The van der Waals surface area contributed by atoms with Gasteiger partial charge in [-0.1, -0.05) is 32.0 Å². The standard InChI is InChI=1S/C15H20O/c1-15(2)8-6-13(7-9-15)14-5-3-4-12(10-14)11-16/h3-5,10-11,13H,6-9H2,1-2H3. The summed E-state index contributed by atoms with van der Waals surface area (Å²) in [7, 11) is 0. The summed E-state index contributed by atoms with van der Waals surface area (Å²) < 4.78 is 0. The second-order valence-corrected chi connectivity index (χ2v) is 5.73. The molecule has 1 aromatic carbocycles. The van der Waals surface area contributed by atoms with E-state index >= 15 is 0 Å². The van der Waals surface area contributed by atoms with Crippen molar-refractivity contribution in [3.63, 3.8) is 0 Å². The molecule has 0 saturated heterocycles. The molecule has 1 aliphatic carbocycles. The molecular weight excluding hydrogens is 196 g/mol. The summed E-state index contributed by atoms with van der Waals surface area (Å²) in [5.74, 6) is 0.660. The highest BCUT2D eigenvalue weighted by molar-refractivity contribution is 5.75. The summed E-state index contributed by atoms with van der Waals surface area (Å²) in [6.45, 7) is 4.70. The van der Waals surface area contributed by atoms with E-state index in [2.05, 4.69) is 26.0 Å². The van der Waals surface area contributed by atoms with Crippen molar-refractivity contribution in [2.75, 3.05) is 0 Å². The van der Waals surface area contributed by atoms with Crippen molar-refractivity contribution in [1.29, 1.82) is 0 Å². The van der Waals surface area contributed by atoms with E-state index in [0.29, 0.717) is 11.3 Å². The molecule has 16 heavy (non-hydrogen) atoms. The van der Waals surface area contributed by atoms with Crippen LogP contribution in [0.5, 0.6) is 0 Å². The number of aldehydes is 1. The lowest BCUT2D eigenvalue weighted by Crippen LogP contribution is -2.20. The molecule has 0 unspecified atom stereocenters. The Kier molecular flexibility index (Phi) is 3.13. The van der Waals surface area contributed by atoms with E-state index in [9.17, 15) is 4.79 Å². The van der Waals surface area contributed by atoms with Crippen LogP contribution in [-0.4, -0.2) is 6.29 Å². The second kappa shape index (κ2) is 4.40. The summed E-state index contributed by atoms with van der Waals surface area (Å²) in [5.41, 5.74) is 2.67. The van der Waals surface area contributed by atoms with Gasteiger partial charge < -0.3 is 0 Å². The van der Waals surface area contributed by atoms with Crippen molar-refractivity contribution >= 4 is 6.29 Å². The normalized spacial score (nSPS) is 20.6. The molecule has 0 N–H and O–H groups in total. The number of hydrogen-bond acceptors (Lipinski definition) is 1. The quantitative estimate of drug-likeness (QED) is 0.678. The zero-order valence-corrected chi connectivity index (χ0v) is 10.2. The van der Waals surface area contributed by atoms with Crippen LogP contribution < -0.4 is 0 Å². The third kappa shape index (κ3) is 2.52. The molecule has 0 bridgehead atoms. The average molecular weight is 216 g/mol.